The van der Waals surface area contributed by atoms with Crippen LogP contribution in [0.5, 0.6) is 0 Å². The third-order valence-electron chi connectivity index (χ3n) is 3.67. The van der Waals surface area contributed by atoms with Crippen LogP contribution in [0, 0.1) is 0 Å². The van der Waals surface area contributed by atoms with Gasteiger partial charge in [0.25, 0.3) is 0 Å². The standard InChI is InChI=1S/C17H34O2Si/c1-6-11-13-17(10-5,14-12-7-2)20(18-15-8-3)19-16-9-4/h6-7,11-12,20H,8-10,13-16H2,1-5H3. The zero-order valence-electron chi connectivity index (χ0n) is 14.2. The quantitative estimate of drug-likeness (QED) is 0.367. The van der Waals surface area contributed by atoms with E-state index in [9.17, 15) is 0 Å². The maximum atomic E-state index is 6.19. The Balaban J connectivity index is 5.09. The summed E-state index contributed by atoms with van der Waals surface area (Å²) in [5.41, 5.74) is 0. The largest absolute Gasteiger partial charge is 0.396 e. The number of hydrogen-bond acceptors (Lipinski definition) is 2. The summed E-state index contributed by atoms with van der Waals surface area (Å²) in [6.45, 7) is 12.4. The number of hydrogen-bond donors (Lipinski definition) is 0. The first-order valence-electron chi connectivity index (χ1n) is 8.16. The summed E-state index contributed by atoms with van der Waals surface area (Å²) in [7, 11) is -1.69. The van der Waals surface area contributed by atoms with Crippen molar-refractivity contribution in [1.82, 2.24) is 0 Å². The zero-order chi connectivity index (χ0) is 15.3. The van der Waals surface area contributed by atoms with Crippen LogP contribution >= 0.6 is 0 Å². The predicted molar refractivity (Wildman–Crippen MR) is 91.5 cm³/mol. The van der Waals surface area contributed by atoms with Crippen molar-refractivity contribution in [1.29, 1.82) is 0 Å². The van der Waals surface area contributed by atoms with E-state index in [4.69, 9.17) is 8.85 Å². The van der Waals surface area contributed by atoms with Gasteiger partial charge in [0.15, 0.2) is 0 Å². The predicted octanol–water partition coefficient (Wildman–Crippen LogP) is 5.14. The zero-order valence-corrected chi connectivity index (χ0v) is 15.3. The normalized spacial score (nSPS) is 15.5. The van der Waals surface area contributed by atoms with Crippen LogP contribution in [-0.4, -0.2) is 22.5 Å². The minimum Gasteiger partial charge on any atom is -0.396 e. The highest BCUT2D eigenvalue weighted by Gasteiger charge is 2.39. The average Bonchev–Trinajstić information content (AvgIpc) is 2.49. The molecule has 0 saturated heterocycles. The molecule has 0 fully saturated rings. The minimum absolute atomic E-state index is 0.184. The van der Waals surface area contributed by atoms with Gasteiger partial charge in [-0.25, -0.2) is 0 Å². The Hall–Kier alpha value is -0.383. The van der Waals surface area contributed by atoms with Gasteiger partial charge in [0.1, 0.15) is 0 Å². The molecule has 0 N–H and O–H groups in total. The summed E-state index contributed by atoms with van der Waals surface area (Å²) >= 11 is 0. The van der Waals surface area contributed by atoms with Crippen molar-refractivity contribution in [3.8, 4) is 0 Å². The molecule has 0 aromatic carbocycles. The monoisotopic (exact) mass is 298 g/mol. The van der Waals surface area contributed by atoms with Crippen LogP contribution in [0.25, 0.3) is 0 Å². The van der Waals surface area contributed by atoms with Gasteiger partial charge in [-0.2, -0.15) is 0 Å². The van der Waals surface area contributed by atoms with Crippen molar-refractivity contribution in [2.45, 2.75) is 71.8 Å². The van der Waals surface area contributed by atoms with Crippen LogP contribution in [0.2, 0.25) is 5.04 Å². The molecular weight excluding hydrogens is 264 g/mol. The van der Waals surface area contributed by atoms with Crippen LogP contribution in [0.1, 0.15) is 66.7 Å². The second kappa shape index (κ2) is 12.4. The van der Waals surface area contributed by atoms with Gasteiger partial charge in [-0.3, -0.25) is 0 Å². The second-order valence-corrected chi connectivity index (χ2v) is 7.89. The van der Waals surface area contributed by atoms with E-state index in [1.807, 2.05) is 0 Å². The van der Waals surface area contributed by atoms with Gasteiger partial charge in [0, 0.05) is 18.3 Å². The topological polar surface area (TPSA) is 18.5 Å². The molecule has 0 rings (SSSR count). The van der Waals surface area contributed by atoms with Crippen molar-refractivity contribution in [2.24, 2.45) is 0 Å². The van der Waals surface area contributed by atoms with E-state index >= 15 is 0 Å². The fourth-order valence-electron chi connectivity index (χ4n) is 2.29. The van der Waals surface area contributed by atoms with Gasteiger partial charge in [-0.05, 0) is 46.0 Å². The summed E-state index contributed by atoms with van der Waals surface area (Å²) in [6.07, 6.45) is 14.2. The van der Waals surface area contributed by atoms with E-state index in [0.29, 0.717) is 0 Å². The highest BCUT2D eigenvalue weighted by atomic mass is 28.3. The average molecular weight is 299 g/mol. The van der Waals surface area contributed by atoms with Gasteiger partial charge in [-0.1, -0.05) is 45.1 Å². The van der Waals surface area contributed by atoms with Gasteiger partial charge in [0.2, 0.25) is 0 Å². The first kappa shape index (κ1) is 19.6. The Morgan fingerprint density at radius 3 is 1.60 bits per heavy atom. The summed E-state index contributed by atoms with van der Waals surface area (Å²) in [6, 6.07) is 0. The lowest BCUT2D eigenvalue weighted by atomic mass is 9.96. The summed E-state index contributed by atoms with van der Waals surface area (Å²) in [4.78, 5) is 0. The molecule has 118 valence electrons. The molecule has 0 unspecified atom stereocenters. The van der Waals surface area contributed by atoms with Gasteiger partial charge in [0.05, 0.1) is 0 Å². The molecule has 20 heavy (non-hydrogen) atoms. The molecule has 0 amide bonds. The summed E-state index contributed by atoms with van der Waals surface area (Å²) in [5, 5.41) is 0.184. The van der Waals surface area contributed by atoms with Crippen LogP contribution in [0.4, 0.5) is 0 Å². The van der Waals surface area contributed by atoms with Crippen molar-refractivity contribution in [3.05, 3.63) is 24.3 Å². The van der Waals surface area contributed by atoms with Gasteiger partial charge >= 0.3 is 9.28 Å². The van der Waals surface area contributed by atoms with Crippen LogP contribution in [0.15, 0.2) is 24.3 Å². The molecule has 0 heterocycles. The lowest BCUT2D eigenvalue weighted by Gasteiger charge is -2.37. The van der Waals surface area contributed by atoms with Crippen molar-refractivity contribution < 1.29 is 8.85 Å². The molecule has 0 atom stereocenters. The Morgan fingerprint density at radius 1 is 0.850 bits per heavy atom. The van der Waals surface area contributed by atoms with E-state index in [-0.39, 0.29) is 5.04 Å². The Bertz CT molecular complexity index is 252. The molecule has 2 nitrogen and oxygen atoms in total. The molecule has 0 aliphatic carbocycles. The highest BCUT2D eigenvalue weighted by molar-refractivity contribution is 6.48. The fourth-order valence-corrected chi connectivity index (χ4v) is 4.98. The molecule has 0 aromatic heterocycles. The van der Waals surface area contributed by atoms with E-state index in [1.165, 1.54) is 0 Å². The van der Waals surface area contributed by atoms with E-state index < -0.39 is 9.28 Å². The van der Waals surface area contributed by atoms with Crippen molar-refractivity contribution in [3.63, 3.8) is 0 Å². The lowest BCUT2D eigenvalue weighted by Crippen LogP contribution is -2.38. The molecule has 0 radical (unpaired) electrons. The molecule has 0 saturated carbocycles. The summed E-state index contributed by atoms with van der Waals surface area (Å²) < 4.78 is 12.4. The van der Waals surface area contributed by atoms with Crippen LogP contribution in [-0.2, 0) is 8.85 Å². The number of rotatable bonds is 12. The van der Waals surface area contributed by atoms with Crippen LogP contribution in [0.3, 0.4) is 0 Å². The van der Waals surface area contributed by atoms with Crippen molar-refractivity contribution >= 4 is 9.28 Å². The third-order valence-corrected chi connectivity index (χ3v) is 6.63. The molecule has 0 bridgehead atoms. The maximum Gasteiger partial charge on any atom is 0.328 e. The lowest BCUT2D eigenvalue weighted by molar-refractivity contribution is 0.167. The second-order valence-electron chi connectivity index (χ2n) is 5.34. The Labute approximate surface area is 128 Å². The van der Waals surface area contributed by atoms with Crippen molar-refractivity contribution in [2.75, 3.05) is 13.2 Å². The fraction of sp³-hybridized carbons (Fsp3) is 0.765. The third kappa shape index (κ3) is 6.87. The van der Waals surface area contributed by atoms with E-state index in [0.717, 1.165) is 45.3 Å². The molecule has 0 spiro atoms. The maximum absolute atomic E-state index is 6.19. The number of allylic oxidation sites excluding steroid dienone is 4. The Kier molecular flexibility index (Phi) is 12.1. The van der Waals surface area contributed by atoms with E-state index in [2.05, 4.69) is 58.9 Å². The molecule has 0 aromatic rings. The molecule has 0 aliphatic rings. The van der Waals surface area contributed by atoms with Gasteiger partial charge in [-0.15, -0.1) is 0 Å². The minimum atomic E-state index is -1.69. The molecular formula is C17H34O2Si. The Morgan fingerprint density at radius 2 is 1.30 bits per heavy atom. The molecule has 0 aliphatic heterocycles. The first-order valence-corrected chi connectivity index (χ1v) is 9.68. The van der Waals surface area contributed by atoms with Crippen LogP contribution < -0.4 is 0 Å². The SMILES string of the molecule is CC=CCC(CC)(CC=CC)[SiH](OCCC)OCCC. The first-order chi connectivity index (χ1) is 9.70. The highest BCUT2D eigenvalue weighted by Crippen LogP contribution is 2.44. The van der Waals surface area contributed by atoms with Gasteiger partial charge < -0.3 is 8.85 Å². The molecule has 3 heteroatoms. The van der Waals surface area contributed by atoms with E-state index in [1.54, 1.807) is 0 Å². The summed E-state index contributed by atoms with van der Waals surface area (Å²) in [5.74, 6) is 0. The smallest absolute Gasteiger partial charge is 0.328 e.